The van der Waals surface area contributed by atoms with E-state index in [1.54, 1.807) is 30.3 Å². The van der Waals surface area contributed by atoms with Crippen LogP contribution < -0.4 is 0 Å². The largest absolute Gasteiger partial charge is 0.477 e. The minimum absolute atomic E-state index is 0.158. The predicted molar refractivity (Wildman–Crippen MR) is 65.3 cm³/mol. The number of carbonyl (C=O) groups excluding carboxylic acids is 1. The Morgan fingerprint density at radius 2 is 1.94 bits per heavy atom. The molecule has 0 unspecified atom stereocenters. The number of H-pyrrole nitrogens is 1. The van der Waals surface area contributed by atoms with E-state index < -0.39 is 11.9 Å². The quantitative estimate of drug-likeness (QED) is 0.907. The first-order chi connectivity index (χ1) is 8.63. The molecule has 1 aromatic heterocycles. The van der Waals surface area contributed by atoms with E-state index in [9.17, 15) is 9.59 Å². The van der Waals surface area contributed by atoms with Gasteiger partial charge < -0.3 is 13.9 Å². The van der Waals surface area contributed by atoms with Crippen LogP contribution in [-0.2, 0) is 3.83 Å². The van der Waals surface area contributed by atoms with Crippen molar-refractivity contribution in [1.82, 2.24) is 9.97 Å². The zero-order chi connectivity index (χ0) is 13.1. The first-order valence-corrected chi connectivity index (χ1v) is 5.50. The number of rotatable bonds is 3. The molecule has 7 heteroatoms. The first kappa shape index (κ1) is 12.3. The van der Waals surface area contributed by atoms with Crippen molar-refractivity contribution in [2.75, 3.05) is 0 Å². The number of nitrogens with one attached hydrogen (secondary N) is 1. The van der Waals surface area contributed by atoms with Crippen molar-refractivity contribution in [1.29, 1.82) is 0 Å². The molecule has 0 fully saturated rings. The van der Waals surface area contributed by atoms with Gasteiger partial charge in [-0.3, -0.25) is 0 Å². The lowest BCUT2D eigenvalue weighted by Gasteiger charge is -1.97. The van der Waals surface area contributed by atoms with Crippen molar-refractivity contribution in [2.45, 2.75) is 0 Å². The van der Waals surface area contributed by atoms with Crippen LogP contribution >= 0.6 is 16.3 Å². The number of hydrogen-bond acceptors (Lipinski definition) is 4. The van der Waals surface area contributed by atoms with Crippen molar-refractivity contribution in [3.63, 3.8) is 0 Å². The Morgan fingerprint density at radius 3 is 2.50 bits per heavy atom. The van der Waals surface area contributed by atoms with Gasteiger partial charge in [0.15, 0.2) is 22.0 Å². The lowest BCUT2D eigenvalue weighted by atomic mass is 10.1. The van der Waals surface area contributed by atoms with Crippen molar-refractivity contribution in [2.24, 2.45) is 0 Å². The third kappa shape index (κ3) is 2.25. The Labute approximate surface area is 110 Å². The average molecular weight is 311 g/mol. The molecule has 0 saturated heterocycles. The van der Waals surface area contributed by atoms with Crippen LogP contribution in [0.5, 0.6) is 0 Å². The van der Waals surface area contributed by atoms with Gasteiger partial charge in [0.05, 0.1) is 0 Å². The molecule has 6 nitrogen and oxygen atoms in total. The highest BCUT2D eigenvalue weighted by molar-refractivity contribution is 9.06. The van der Waals surface area contributed by atoms with Crippen LogP contribution in [0.25, 0.3) is 11.3 Å². The number of aromatic carboxylic acids is 1. The Balaban J connectivity index is 2.56. The van der Waals surface area contributed by atoms with Crippen LogP contribution in [0.3, 0.4) is 0 Å². The second-order valence-electron chi connectivity index (χ2n) is 3.34. The molecular weight excluding hydrogens is 304 g/mol. The third-order valence-electron chi connectivity index (χ3n) is 2.23. The summed E-state index contributed by atoms with van der Waals surface area (Å²) in [4.78, 5) is 28.7. The van der Waals surface area contributed by atoms with Crippen LogP contribution in [0.2, 0.25) is 0 Å². The molecule has 0 amide bonds. The maximum Gasteiger partial charge on any atom is 0.385 e. The monoisotopic (exact) mass is 310 g/mol. The maximum atomic E-state index is 11.3. The average Bonchev–Trinajstić information content (AvgIpc) is 2.84. The second kappa shape index (κ2) is 5.01. The van der Waals surface area contributed by atoms with Crippen molar-refractivity contribution >= 4 is 28.2 Å². The van der Waals surface area contributed by atoms with Gasteiger partial charge in [-0.05, 0) is 0 Å². The Hall–Kier alpha value is -2.15. The van der Waals surface area contributed by atoms with Gasteiger partial charge in [-0.2, -0.15) is 0 Å². The van der Waals surface area contributed by atoms with E-state index in [4.69, 9.17) is 5.11 Å². The highest BCUT2D eigenvalue weighted by atomic mass is 79.9. The van der Waals surface area contributed by atoms with Gasteiger partial charge in [-0.25, -0.2) is 14.6 Å². The molecule has 0 atom stereocenters. The van der Waals surface area contributed by atoms with Gasteiger partial charge in [0, 0.05) is 5.56 Å². The summed E-state index contributed by atoms with van der Waals surface area (Å²) in [5.41, 5.74) is 0.630. The number of nitrogens with zero attached hydrogens (tertiary/aromatic N) is 1. The Kier molecular flexibility index (Phi) is 3.42. The molecule has 1 heterocycles. The summed E-state index contributed by atoms with van der Waals surface area (Å²) < 4.78 is 4.31. The topological polar surface area (TPSA) is 92.3 Å². The number of hydrogen-bond donors (Lipinski definition) is 2. The zero-order valence-corrected chi connectivity index (χ0v) is 10.5. The minimum atomic E-state index is -1.20. The Bertz CT molecular complexity index is 594. The minimum Gasteiger partial charge on any atom is -0.477 e. The van der Waals surface area contributed by atoms with Crippen LogP contribution in [-0.4, -0.2) is 27.0 Å². The standard InChI is InChI=1S/C11H7BrN2O4/c12-18-11(17)9-13-7(8(14-9)10(15)16)6-4-2-1-3-5-6/h1-5H,(H,13,14)(H,15,16). The van der Waals surface area contributed by atoms with Crippen LogP contribution in [0.1, 0.15) is 21.1 Å². The highest BCUT2D eigenvalue weighted by Crippen LogP contribution is 2.21. The van der Waals surface area contributed by atoms with Gasteiger partial charge in [-0.15, -0.1) is 0 Å². The molecule has 0 aliphatic heterocycles. The van der Waals surface area contributed by atoms with E-state index in [0.29, 0.717) is 5.56 Å². The maximum absolute atomic E-state index is 11.3. The van der Waals surface area contributed by atoms with Crippen LogP contribution in [0.4, 0.5) is 0 Å². The van der Waals surface area contributed by atoms with Gasteiger partial charge >= 0.3 is 11.9 Å². The van der Waals surface area contributed by atoms with Crippen molar-refractivity contribution in [3.05, 3.63) is 41.9 Å². The number of imidazole rings is 1. The number of carboxylic acids is 1. The number of halogens is 1. The van der Waals surface area contributed by atoms with E-state index >= 15 is 0 Å². The molecule has 0 spiro atoms. The SMILES string of the molecule is O=C(OBr)c1nc(-c2ccccc2)c(C(=O)O)[nH]1. The Morgan fingerprint density at radius 1 is 1.28 bits per heavy atom. The molecule has 0 saturated carbocycles. The molecule has 2 rings (SSSR count). The lowest BCUT2D eigenvalue weighted by molar-refractivity contribution is 0.0692. The summed E-state index contributed by atoms with van der Waals surface area (Å²) in [6.07, 6.45) is 0. The molecule has 0 bridgehead atoms. The number of carbonyl (C=O) groups is 2. The number of carboxylic acid groups (broad SMARTS) is 1. The van der Waals surface area contributed by atoms with Crippen molar-refractivity contribution in [3.8, 4) is 11.3 Å². The molecule has 0 aliphatic rings. The second-order valence-corrected chi connectivity index (χ2v) is 3.67. The molecule has 92 valence electrons. The fourth-order valence-corrected chi connectivity index (χ4v) is 1.62. The lowest BCUT2D eigenvalue weighted by Crippen LogP contribution is -2.02. The van der Waals surface area contributed by atoms with Crippen LogP contribution in [0.15, 0.2) is 30.3 Å². The fourth-order valence-electron chi connectivity index (χ4n) is 1.47. The van der Waals surface area contributed by atoms with Crippen LogP contribution in [0, 0.1) is 0 Å². The van der Waals surface area contributed by atoms with Gasteiger partial charge in [0.1, 0.15) is 5.69 Å². The first-order valence-electron chi connectivity index (χ1n) is 4.85. The zero-order valence-electron chi connectivity index (χ0n) is 8.88. The summed E-state index contributed by atoms with van der Waals surface area (Å²) in [6.45, 7) is 0. The normalized spacial score (nSPS) is 10.1. The number of benzene rings is 1. The van der Waals surface area contributed by atoms with Gasteiger partial charge in [0.2, 0.25) is 5.82 Å². The molecular formula is C11H7BrN2O4. The summed E-state index contributed by atoms with van der Waals surface area (Å²) >= 11 is 2.52. The van der Waals surface area contributed by atoms with Gasteiger partial charge in [-0.1, -0.05) is 30.3 Å². The molecule has 18 heavy (non-hydrogen) atoms. The number of aromatic nitrogens is 2. The summed E-state index contributed by atoms with van der Waals surface area (Å²) in [6, 6.07) is 8.69. The number of aromatic amines is 1. The molecule has 0 aliphatic carbocycles. The third-order valence-corrected chi connectivity index (χ3v) is 2.52. The van der Waals surface area contributed by atoms with Crippen molar-refractivity contribution < 1.29 is 18.5 Å². The van der Waals surface area contributed by atoms with E-state index in [0.717, 1.165) is 0 Å². The molecule has 2 aromatic rings. The molecule has 2 N–H and O–H groups in total. The highest BCUT2D eigenvalue weighted by Gasteiger charge is 2.21. The summed E-state index contributed by atoms with van der Waals surface area (Å²) in [7, 11) is 0. The summed E-state index contributed by atoms with van der Waals surface area (Å²) in [5.74, 6) is -2.17. The van der Waals surface area contributed by atoms with E-state index in [2.05, 4.69) is 30.1 Å². The van der Waals surface area contributed by atoms with E-state index in [-0.39, 0.29) is 17.2 Å². The fraction of sp³-hybridized carbons (Fsp3) is 0. The summed E-state index contributed by atoms with van der Waals surface area (Å²) in [5, 5.41) is 9.06. The van der Waals surface area contributed by atoms with E-state index in [1.807, 2.05) is 0 Å². The van der Waals surface area contributed by atoms with E-state index in [1.165, 1.54) is 0 Å². The smallest absolute Gasteiger partial charge is 0.385 e. The molecule has 0 radical (unpaired) electrons. The predicted octanol–water partition coefficient (Wildman–Crippen LogP) is 2.24. The van der Waals surface area contributed by atoms with Gasteiger partial charge in [0.25, 0.3) is 0 Å². The molecule has 1 aromatic carbocycles.